The maximum atomic E-state index is 10.8. The Kier molecular flexibility index (Phi) is 5.06. The Bertz CT molecular complexity index is 487. The molecule has 1 atom stereocenters. The number of hydrogen-bond donors (Lipinski definition) is 0. The summed E-state index contributed by atoms with van der Waals surface area (Å²) in [7, 11) is -3.48. The molecule has 0 radical (unpaired) electrons. The van der Waals surface area contributed by atoms with Crippen LogP contribution in [0.2, 0.25) is 10.0 Å². The summed E-state index contributed by atoms with van der Waals surface area (Å²) >= 11 is 11.6. The lowest BCUT2D eigenvalue weighted by molar-refractivity contribution is 0.150. The van der Waals surface area contributed by atoms with E-state index >= 15 is 0 Å². The minimum atomic E-state index is -3.48. The van der Waals surface area contributed by atoms with Crippen molar-refractivity contribution in [2.24, 2.45) is 0 Å². The van der Waals surface area contributed by atoms with Crippen molar-refractivity contribution in [1.82, 2.24) is 0 Å². The summed E-state index contributed by atoms with van der Waals surface area (Å²) in [5.74, 6) is 0.431. The van der Waals surface area contributed by atoms with E-state index in [1.807, 2.05) is 0 Å². The van der Waals surface area contributed by atoms with Crippen molar-refractivity contribution in [3.63, 3.8) is 0 Å². The number of hydrogen-bond acceptors (Lipinski definition) is 4. The van der Waals surface area contributed by atoms with Gasteiger partial charge < -0.3 is 4.74 Å². The van der Waals surface area contributed by atoms with E-state index in [-0.39, 0.29) is 6.61 Å². The van der Waals surface area contributed by atoms with Gasteiger partial charge in [-0.3, -0.25) is 4.18 Å². The normalized spacial score (nSPS) is 13.4. The molecule has 0 bridgehead atoms. The number of ether oxygens (including phenoxy) is 1. The zero-order valence-electron chi connectivity index (χ0n) is 9.31. The molecule has 0 aromatic heterocycles. The van der Waals surface area contributed by atoms with Gasteiger partial charge in [0.05, 0.1) is 11.3 Å². The quantitative estimate of drug-likeness (QED) is 0.784. The van der Waals surface area contributed by atoms with Gasteiger partial charge in [-0.2, -0.15) is 8.42 Å². The van der Waals surface area contributed by atoms with Gasteiger partial charge in [-0.25, -0.2) is 0 Å². The molecular formula is C10H12Cl2O4S. The minimum Gasteiger partial charge on any atom is -0.489 e. The molecule has 7 heteroatoms. The van der Waals surface area contributed by atoms with Crippen LogP contribution < -0.4 is 4.74 Å². The average molecular weight is 299 g/mol. The van der Waals surface area contributed by atoms with Crippen LogP contribution in [0.25, 0.3) is 0 Å². The van der Waals surface area contributed by atoms with Crippen molar-refractivity contribution in [2.45, 2.75) is 13.0 Å². The molecule has 0 saturated heterocycles. The molecule has 17 heavy (non-hydrogen) atoms. The third-order valence-electron chi connectivity index (χ3n) is 1.71. The van der Waals surface area contributed by atoms with Crippen LogP contribution in [-0.4, -0.2) is 27.4 Å². The highest BCUT2D eigenvalue weighted by atomic mass is 35.5. The Labute approximate surface area is 111 Å². The van der Waals surface area contributed by atoms with Gasteiger partial charge in [0.15, 0.2) is 0 Å². The summed E-state index contributed by atoms with van der Waals surface area (Å²) in [4.78, 5) is 0. The molecule has 1 aromatic rings. The zero-order valence-corrected chi connectivity index (χ0v) is 11.6. The highest BCUT2D eigenvalue weighted by molar-refractivity contribution is 7.86. The van der Waals surface area contributed by atoms with Crippen molar-refractivity contribution in [3.8, 4) is 5.75 Å². The van der Waals surface area contributed by atoms with E-state index in [0.717, 1.165) is 6.26 Å². The molecule has 4 nitrogen and oxygen atoms in total. The van der Waals surface area contributed by atoms with Crippen molar-refractivity contribution in [1.29, 1.82) is 0 Å². The van der Waals surface area contributed by atoms with Crippen molar-refractivity contribution >= 4 is 33.3 Å². The van der Waals surface area contributed by atoms with Gasteiger partial charge >= 0.3 is 0 Å². The fraction of sp³-hybridized carbons (Fsp3) is 0.400. The molecule has 0 amide bonds. The molecule has 0 aliphatic heterocycles. The molecule has 0 aliphatic carbocycles. The number of benzene rings is 1. The average Bonchev–Trinajstić information content (AvgIpc) is 2.13. The van der Waals surface area contributed by atoms with Crippen LogP contribution >= 0.6 is 23.2 Å². The van der Waals surface area contributed by atoms with E-state index in [1.54, 1.807) is 25.1 Å². The van der Waals surface area contributed by atoms with Crippen molar-refractivity contribution in [3.05, 3.63) is 28.2 Å². The van der Waals surface area contributed by atoms with Gasteiger partial charge in [0.2, 0.25) is 0 Å². The van der Waals surface area contributed by atoms with Gasteiger partial charge in [0.1, 0.15) is 18.5 Å². The Morgan fingerprint density at radius 2 is 2.00 bits per heavy atom. The lowest BCUT2D eigenvalue weighted by atomic mass is 10.3. The number of rotatable bonds is 5. The summed E-state index contributed by atoms with van der Waals surface area (Å²) in [6.45, 7) is 1.67. The van der Waals surface area contributed by atoms with Gasteiger partial charge in [-0.1, -0.05) is 23.2 Å². The molecule has 0 spiro atoms. The van der Waals surface area contributed by atoms with E-state index in [0.29, 0.717) is 15.8 Å². The third kappa shape index (κ3) is 5.59. The molecule has 1 rings (SSSR count). The second-order valence-corrected chi connectivity index (χ2v) is 5.94. The van der Waals surface area contributed by atoms with Crippen molar-refractivity contribution < 1.29 is 17.3 Å². The first kappa shape index (κ1) is 14.6. The first-order valence-corrected chi connectivity index (χ1v) is 7.31. The van der Waals surface area contributed by atoms with Gasteiger partial charge in [0.25, 0.3) is 10.1 Å². The van der Waals surface area contributed by atoms with Crippen LogP contribution in [0.5, 0.6) is 5.75 Å². The maximum absolute atomic E-state index is 10.8. The topological polar surface area (TPSA) is 52.6 Å². The highest BCUT2D eigenvalue weighted by Gasteiger charge is 2.12. The smallest absolute Gasteiger partial charge is 0.264 e. The molecule has 1 unspecified atom stereocenters. The van der Waals surface area contributed by atoms with Gasteiger partial charge in [0, 0.05) is 5.02 Å². The maximum Gasteiger partial charge on any atom is 0.264 e. The number of halogens is 2. The summed E-state index contributed by atoms with van der Waals surface area (Å²) in [5.41, 5.74) is 0. The van der Waals surface area contributed by atoms with E-state index in [2.05, 4.69) is 0 Å². The largest absolute Gasteiger partial charge is 0.489 e. The van der Waals surface area contributed by atoms with Gasteiger partial charge in [-0.05, 0) is 25.1 Å². The first-order chi connectivity index (χ1) is 7.78. The standard InChI is InChI=1S/C10H12Cl2O4S/c1-7(16-17(2,13)14)6-15-10-4-3-8(11)5-9(10)12/h3-5,7H,6H2,1-2H3. The predicted molar refractivity (Wildman–Crippen MR) is 67.3 cm³/mol. The minimum absolute atomic E-state index is 0.0778. The zero-order chi connectivity index (χ0) is 13.1. The predicted octanol–water partition coefficient (Wildman–Crippen LogP) is 2.74. The summed E-state index contributed by atoms with van der Waals surface area (Å²) < 4.78 is 31.7. The van der Waals surface area contributed by atoms with E-state index in [9.17, 15) is 8.42 Å². The highest BCUT2D eigenvalue weighted by Crippen LogP contribution is 2.27. The van der Waals surface area contributed by atoms with Crippen LogP contribution in [0.15, 0.2) is 18.2 Å². The van der Waals surface area contributed by atoms with Crippen LogP contribution in [0, 0.1) is 0 Å². The van der Waals surface area contributed by atoms with Crippen LogP contribution in [0.3, 0.4) is 0 Å². The summed E-state index contributed by atoms with van der Waals surface area (Å²) in [6, 6.07) is 4.78. The third-order valence-corrected chi connectivity index (χ3v) is 2.92. The molecule has 96 valence electrons. The second kappa shape index (κ2) is 5.91. The molecule has 0 heterocycles. The lowest BCUT2D eigenvalue weighted by Crippen LogP contribution is -2.21. The molecule has 0 aliphatic rings. The Balaban J connectivity index is 2.56. The lowest BCUT2D eigenvalue weighted by Gasteiger charge is -2.13. The Morgan fingerprint density at radius 1 is 1.35 bits per heavy atom. The fourth-order valence-electron chi connectivity index (χ4n) is 1.13. The van der Waals surface area contributed by atoms with E-state index < -0.39 is 16.2 Å². The Morgan fingerprint density at radius 3 is 2.53 bits per heavy atom. The van der Waals surface area contributed by atoms with E-state index in [4.69, 9.17) is 32.1 Å². The molecule has 0 N–H and O–H groups in total. The molecule has 0 fully saturated rings. The molecular weight excluding hydrogens is 287 g/mol. The summed E-state index contributed by atoms with van der Waals surface area (Å²) in [5, 5.41) is 0.867. The van der Waals surface area contributed by atoms with Crippen LogP contribution in [0.4, 0.5) is 0 Å². The van der Waals surface area contributed by atoms with Crippen LogP contribution in [-0.2, 0) is 14.3 Å². The fourth-order valence-corrected chi connectivity index (χ4v) is 2.24. The Hall–Kier alpha value is -0.490. The molecule has 1 aromatic carbocycles. The second-order valence-electron chi connectivity index (χ2n) is 3.50. The van der Waals surface area contributed by atoms with Gasteiger partial charge in [-0.15, -0.1) is 0 Å². The first-order valence-electron chi connectivity index (χ1n) is 4.74. The van der Waals surface area contributed by atoms with Crippen LogP contribution in [0.1, 0.15) is 6.92 Å². The van der Waals surface area contributed by atoms with Crippen molar-refractivity contribution in [2.75, 3.05) is 12.9 Å². The SMILES string of the molecule is CC(COc1ccc(Cl)cc1Cl)OS(C)(=O)=O. The summed E-state index contributed by atoms with van der Waals surface area (Å²) in [6.07, 6.45) is 0.399. The van der Waals surface area contributed by atoms with E-state index in [1.165, 1.54) is 0 Å². The monoisotopic (exact) mass is 298 g/mol. The molecule has 0 saturated carbocycles.